The van der Waals surface area contributed by atoms with Gasteiger partial charge in [-0.2, -0.15) is 0 Å². The number of hydrogen-bond acceptors (Lipinski definition) is 4. The summed E-state index contributed by atoms with van der Waals surface area (Å²) in [7, 11) is 1.49. The molecule has 3 aliphatic heterocycles. The van der Waals surface area contributed by atoms with Crippen LogP contribution in [0.5, 0.6) is 0 Å². The summed E-state index contributed by atoms with van der Waals surface area (Å²) in [5.41, 5.74) is -1.27. The lowest BCUT2D eigenvalue weighted by Gasteiger charge is -2.40. The lowest BCUT2D eigenvalue weighted by Crippen LogP contribution is -2.50. The van der Waals surface area contributed by atoms with Crippen LogP contribution in [-0.2, 0) is 11.8 Å². The Morgan fingerprint density at radius 1 is 1.15 bits per heavy atom. The fourth-order valence-electron chi connectivity index (χ4n) is 4.29. The van der Waals surface area contributed by atoms with Crippen LogP contribution in [0.4, 0.5) is 0 Å². The molecule has 8 heteroatoms. The van der Waals surface area contributed by atoms with Gasteiger partial charge < -0.3 is 14.4 Å². The molecular weight excluding hydrogens is 336 g/mol. The van der Waals surface area contributed by atoms with Crippen LogP contribution >= 0.6 is 0 Å². The van der Waals surface area contributed by atoms with Crippen molar-refractivity contribution in [2.45, 2.75) is 38.1 Å². The molecule has 1 aliphatic carbocycles. The third-order valence-electron chi connectivity index (χ3n) is 6.10. The quantitative estimate of drug-likeness (QED) is 0.817. The fraction of sp³-hybridized carbons (Fsp3) is 0.667. The normalized spacial score (nSPS) is 26.0. The van der Waals surface area contributed by atoms with Crippen molar-refractivity contribution >= 4 is 11.8 Å². The van der Waals surface area contributed by atoms with Crippen molar-refractivity contribution in [1.29, 1.82) is 0 Å². The van der Waals surface area contributed by atoms with E-state index in [1.807, 2.05) is 4.90 Å². The number of nitrogens with zero attached hydrogens (tertiary/aromatic N) is 3. The number of nitrogens with one attached hydrogen (secondary N) is 1. The van der Waals surface area contributed by atoms with E-state index in [4.69, 9.17) is 0 Å². The second kappa shape index (κ2) is 6.41. The number of aromatic nitrogens is 2. The number of hydrogen-bond donors (Lipinski definition) is 1. The summed E-state index contributed by atoms with van der Waals surface area (Å²) < 4.78 is 1.19. The van der Waals surface area contributed by atoms with E-state index in [2.05, 4.69) is 4.98 Å². The SMILES string of the molecule is Cn1cc(C(=O)N2C[C@@H]3CC[C@H](C2)N(CC2CCC2)C3=O)c(=O)[nH]c1=O. The Bertz CT molecular complexity index is 853. The van der Waals surface area contributed by atoms with Gasteiger partial charge in [-0.15, -0.1) is 0 Å². The molecule has 1 aromatic rings. The van der Waals surface area contributed by atoms with Gasteiger partial charge >= 0.3 is 5.69 Å². The summed E-state index contributed by atoms with van der Waals surface area (Å²) in [4.78, 5) is 55.1. The minimum absolute atomic E-state index is 0.0254. The predicted molar refractivity (Wildman–Crippen MR) is 93.8 cm³/mol. The fourth-order valence-corrected chi connectivity index (χ4v) is 4.29. The molecular formula is C18H24N4O4. The lowest BCUT2D eigenvalue weighted by atomic mass is 9.83. The van der Waals surface area contributed by atoms with Gasteiger partial charge in [0.15, 0.2) is 0 Å². The van der Waals surface area contributed by atoms with Crippen molar-refractivity contribution in [2.24, 2.45) is 18.9 Å². The van der Waals surface area contributed by atoms with Crippen LogP contribution in [0, 0.1) is 11.8 Å². The molecule has 4 heterocycles. The van der Waals surface area contributed by atoms with Crippen LogP contribution in [0.15, 0.2) is 15.8 Å². The summed E-state index contributed by atoms with van der Waals surface area (Å²) in [5, 5.41) is 0. The molecule has 0 spiro atoms. The minimum Gasteiger partial charge on any atom is -0.337 e. The Labute approximate surface area is 150 Å². The number of carbonyl (C=O) groups is 2. The van der Waals surface area contributed by atoms with E-state index >= 15 is 0 Å². The maximum absolute atomic E-state index is 12.9. The van der Waals surface area contributed by atoms with Crippen LogP contribution in [0.3, 0.4) is 0 Å². The van der Waals surface area contributed by atoms with E-state index in [1.165, 1.54) is 37.1 Å². The first-order chi connectivity index (χ1) is 12.4. The molecule has 1 aromatic heterocycles. The van der Waals surface area contributed by atoms with Gasteiger partial charge in [0, 0.05) is 38.9 Å². The van der Waals surface area contributed by atoms with Gasteiger partial charge in [-0.1, -0.05) is 6.42 Å². The number of aromatic amines is 1. The molecule has 8 nitrogen and oxygen atoms in total. The largest absolute Gasteiger partial charge is 0.337 e. The van der Waals surface area contributed by atoms with E-state index in [1.54, 1.807) is 4.90 Å². The monoisotopic (exact) mass is 360 g/mol. The number of aryl methyl sites for hydroxylation is 1. The highest BCUT2D eigenvalue weighted by Gasteiger charge is 2.43. The van der Waals surface area contributed by atoms with Gasteiger partial charge in [-0.05, 0) is 31.6 Å². The molecule has 26 heavy (non-hydrogen) atoms. The van der Waals surface area contributed by atoms with Crippen molar-refractivity contribution in [2.75, 3.05) is 19.6 Å². The van der Waals surface area contributed by atoms with Crippen molar-refractivity contribution in [1.82, 2.24) is 19.4 Å². The van der Waals surface area contributed by atoms with Gasteiger partial charge in [-0.3, -0.25) is 19.4 Å². The molecule has 1 saturated carbocycles. The Balaban J connectivity index is 1.58. The van der Waals surface area contributed by atoms with Crippen LogP contribution in [0.1, 0.15) is 42.5 Å². The standard InChI is InChI=1S/C18H24N4O4/c1-20-10-14(15(23)19-18(20)26)17(25)21-8-12-5-6-13(9-21)22(16(12)24)7-11-3-2-4-11/h10-13H,2-9H2,1H3,(H,19,23,26)/t12-,13+/m0/s1. The number of fused-ring (bicyclic) bond motifs is 4. The second-order valence-electron chi connectivity index (χ2n) is 7.84. The molecule has 2 atom stereocenters. The summed E-state index contributed by atoms with van der Waals surface area (Å²) in [6, 6.07) is 0.0254. The zero-order valence-electron chi connectivity index (χ0n) is 14.9. The third-order valence-corrected chi connectivity index (χ3v) is 6.10. The maximum atomic E-state index is 12.9. The first kappa shape index (κ1) is 17.1. The molecule has 140 valence electrons. The maximum Gasteiger partial charge on any atom is 0.328 e. The molecule has 3 saturated heterocycles. The van der Waals surface area contributed by atoms with Crippen LogP contribution in [0.25, 0.3) is 0 Å². The van der Waals surface area contributed by atoms with Crippen LogP contribution in [-0.4, -0.2) is 56.8 Å². The van der Waals surface area contributed by atoms with Gasteiger partial charge in [0.1, 0.15) is 5.56 Å². The highest BCUT2D eigenvalue weighted by atomic mass is 16.2. The Hall–Kier alpha value is -2.38. The number of amides is 2. The predicted octanol–water partition coefficient (Wildman–Crippen LogP) is -0.0633. The van der Waals surface area contributed by atoms with E-state index in [0.717, 1.165) is 19.4 Å². The van der Waals surface area contributed by atoms with Crippen molar-refractivity contribution in [3.63, 3.8) is 0 Å². The number of rotatable bonds is 3. The summed E-state index contributed by atoms with van der Waals surface area (Å²) in [6.45, 7) is 1.59. The average molecular weight is 360 g/mol. The van der Waals surface area contributed by atoms with E-state index in [9.17, 15) is 19.2 Å². The number of piperidine rings is 1. The molecule has 0 aromatic carbocycles. The topological polar surface area (TPSA) is 95.5 Å². The second-order valence-corrected chi connectivity index (χ2v) is 7.84. The molecule has 2 amide bonds. The summed E-state index contributed by atoms with van der Waals surface area (Å²) in [6.07, 6.45) is 6.56. The van der Waals surface area contributed by atoms with E-state index < -0.39 is 17.2 Å². The zero-order valence-corrected chi connectivity index (χ0v) is 14.9. The molecule has 4 aliphatic rings. The van der Waals surface area contributed by atoms with Crippen molar-refractivity contribution < 1.29 is 9.59 Å². The minimum atomic E-state index is -0.674. The van der Waals surface area contributed by atoms with Crippen molar-refractivity contribution in [3.05, 3.63) is 32.6 Å². The van der Waals surface area contributed by atoms with Crippen LogP contribution in [0.2, 0.25) is 0 Å². The number of H-pyrrole nitrogens is 1. The first-order valence-electron chi connectivity index (χ1n) is 9.33. The first-order valence-corrected chi connectivity index (χ1v) is 9.33. The Morgan fingerprint density at radius 3 is 2.62 bits per heavy atom. The summed E-state index contributed by atoms with van der Waals surface area (Å²) >= 11 is 0. The van der Waals surface area contributed by atoms with Gasteiger partial charge in [0.2, 0.25) is 5.91 Å². The Morgan fingerprint density at radius 2 is 1.92 bits per heavy atom. The van der Waals surface area contributed by atoms with Crippen LogP contribution < -0.4 is 11.2 Å². The molecule has 0 unspecified atom stereocenters. The van der Waals surface area contributed by atoms with Gasteiger partial charge in [0.25, 0.3) is 11.5 Å². The van der Waals surface area contributed by atoms with Gasteiger partial charge in [0.05, 0.1) is 5.92 Å². The molecule has 4 fully saturated rings. The third kappa shape index (κ3) is 2.87. The highest BCUT2D eigenvalue weighted by Crippen LogP contribution is 2.34. The highest BCUT2D eigenvalue weighted by molar-refractivity contribution is 5.94. The van der Waals surface area contributed by atoms with E-state index in [-0.39, 0.29) is 23.4 Å². The molecule has 1 N–H and O–H groups in total. The number of carbonyl (C=O) groups excluding carboxylic acids is 2. The zero-order chi connectivity index (χ0) is 18.4. The molecule has 0 radical (unpaired) electrons. The van der Waals surface area contributed by atoms with Crippen molar-refractivity contribution in [3.8, 4) is 0 Å². The average Bonchev–Trinajstić information content (AvgIpc) is 2.85. The lowest BCUT2D eigenvalue weighted by molar-refractivity contribution is -0.141. The summed E-state index contributed by atoms with van der Waals surface area (Å²) in [5.74, 6) is 0.146. The van der Waals surface area contributed by atoms with E-state index in [0.29, 0.717) is 19.0 Å². The Kier molecular flexibility index (Phi) is 4.20. The molecule has 5 rings (SSSR count). The van der Waals surface area contributed by atoms with Gasteiger partial charge in [-0.25, -0.2) is 4.79 Å². The molecule has 2 bridgehead atoms. The smallest absolute Gasteiger partial charge is 0.328 e.